The Labute approximate surface area is 287 Å². The van der Waals surface area contributed by atoms with Gasteiger partial charge in [0.25, 0.3) is 17.7 Å². The molecule has 0 bridgehead atoms. The molecule has 1 aliphatic carbocycles. The lowest BCUT2D eigenvalue weighted by atomic mass is 9.70. The summed E-state index contributed by atoms with van der Waals surface area (Å²) in [5, 5.41) is 16.1. The quantitative estimate of drug-likeness (QED) is 0.120. The van der Waals surface area contributed by atoms with E-state index in [1.54, 1.807) is 18.2 Å². The van der Waals surface area contributed by atoms with Crippen molar-refractivity contribution in [2.45, 2.75) is 49.5 Å². The predicted molar refractivity (Wildman–Crippen MR) is 184 cm³/mol. The van der Waals surface area contributed by atoms with Gasteiger partial charge in [-0.1, -0.05) is 42.5 Å². The minimum atomic E-state index is -3.49. The minimum absolute atomic E-state index is 0.00736. The van der Waals surface area contributed by atoms with Crippen molar-refractivity contribution in [2.24, 2.45) is 0 Å². The number of carbonyl (C=O) groups is 2. The minimum Gasteiger partial charge on any atom is -0.507 e. The molecular formula is C39H36F3N5O3. The van der Waals surface area contributed by atoms with Crippen molar-refractivity contribution in [1.82, 2.24) is 20.2 Å². The topological polar surface area (TPSA) is 110 Å². The summed E-state index contributed by atoms with van der Waals surface area (Å²) in [6.45, 7) is -0.208. The van der Waals surface area contributed by atoms with Gasteiger partial charge in [-0.2, -0.15) is 8.78 Å². The number of phenolic OH excluding ortho intramolecular Hbond substituents is 1. The normalized spacial score (nSPS) is 15.7. The lowest BCUT2D eigenvalue weighted by Gasteiger charge is -2.51. The summed E-state index contributed by atoms with van der Waals surface area (Å²) in [6.07, 6.45) is 4.04. The second kappa shape index (κ2) is 13.0. The van der Waals surface area contributed by atoms with Gasteiger partial charge in [-0.15, -0.1) is 0 Å². The first-order valence-corrected chi connectivity index (χ1v) is 16.6. The van der Waals surface area contributed by atoms with Gasteiger partial charge >= 0.3 is 0 Å². The molecule has 0 saturated heterocycles. The molecule has 256 valence electrons. The molecule has 2 amide bonds. The van der Waals surface area contributed by atoms with Crippen molar-refractivity contribution in [3.8, 4) is 17.0 Å². The zero-order chi connectivity index (χ0) is 35.0. The molecule has 1 spiro atoms. The van der Waals surface area contributed by atoms with Gasteiger partial charge in [0.1, 0.15) is 17.3 Å². The second-order valence-corrected chi connectivity index (χ2v) is 13.2. The maximum Gasteiger partial charge on any atom is 0.290 e. The summed E-state index contributed by atoms with van der Waals surface area (Å²) in [5.74, 6) is -5.94. The molecule has 2 aliphatic rings. The van der Waals surface area contributed by atoms with Gasteiger partial charge in [-0.3, -0.25) is 14.6 Å². The smallest absolute Gasteiger partial charge is 0.290 e. The molecule has 7 rings (SSSR count). The summed E-state index contributed by atoms with van der Waals surface area (Å²) < 4.78 is 46.5. The Kier molecular flexibility index (Phi) is 8.59. The number of rotatable bonds is 10. The first-order chi connectivity index (χ1) is 24.0. The fraction of sp³-hybridized carbons (Fsp3) is 0.256. The third-order valence-corrected chi connectivity index (χ3v) is 10.1. The molecular weight excluding hydrogens is 643 g/mol. The Hall–Kier alpha value is -5.58. The van der Waals surface area contributed by atoms with Crippen LogP contribution in [0.4, 0.5) is 24.5 Å². The van der Waals surface area contributed by atoms with Gasteiger partial charge in [-0.25, -0.2) is 4.39 Å². The molecule has 1 fully saturated rings. The number of carbonyl (C=O) groups excluding carboxylic acids is 2. The van der Waals surface area contributed by atoms with Crippen LogP contribution in [0.25, 0.3) is 11.3 Å². The summed E-state index contributed by atoms with van der Waals surface area (Å²) in [7, 11) is 1.83. The van der Waals surface area contributed by atoms with E-state index in [1.165, 1.54) is 48.7 Å². The number of alkyl halides is 2. The van der Waals surface area contributed by atoms with Gasteiger partial charge in [0, 0.05) is 61.0 Å². The first kappa shape index (κ1) is 32.9. The van der Waals surface area contributed by atoms with Gasteiger partial charge in [0.15, 0.2) is 0 Å². The van der Waals surface area contributed by atoms with Gasteiger partial charge in [-0.05, 0) is 73.4 Å². The number of aromatic nitrogens is 2. The maximum atomic E-state index is 16.3. The van der Waals surface area contributed by atoms with E-state index in [-0.39, 0.29) is 29.3 Å². The highest BCUT2D eigenvalue weighted by molar-refractivity contribution is 6.06. The van der Waals surface area contributed by atoms with Crippen LogP contribution in [0.15, 0.2) is 97.2 Å². The number of para-hydroxylation sites is 2. The van der Waals surface area contributed by atoms with Gasteiger partial charge in [0.2, 0.25) is 0 Å². The number of hydrogen-bond acceptors (Lipinski definition) is 5. The third kappa shape index (κ3) is 6.19. The number of H-pyrrole nitrogens is 1. The molecule has 1 saturated carbocycles. The lowest BCUT2D eigenvalue weighted by molar-refractivity contribution is -0.0245. The zero-order valence-corrected chi connectivity index (χ0v) is 27.3. The highest BCUT2D eigenvalue weighted by atomic mass is 19.3. The van der Waals surface area contributed by atoms with E-state index in [0.29, 0.717) is 34.5 Å². The standard InChI is InChI=1S/C39H36F3N5O3/c1-47-37(50)33-30(22-38(47)17-7-18-38)46-34(35(33)45-28-8-3-2-4-9-28)25-16-19-43-32(20-25)39(41,42)21-26(24-12-14-27(40)15-13-24)23-44-36(49)29-10-5-6-11-31(29)48/h2-6,8-16,19-20,26,45-46,48H,7,17-18,21-23H2,1H3,(H,44,49)/t26-/m1/s1. The molecule has 50 heavy (non-hydrogen) atoms. The van der Waals surface area contributed by atoms with Gasteiger partial charge in [0.05, 0.1) is 22.5 Å². The van der Waals surface area contributed by atoms with Crippen LogP contribution in [-0.2, 0) is 12.3 Å². The molecule has 0 unspecified atom stereocenters. The van der Waals surface area contributed by atoms with Crippen molar-refractivity contribution in [2.75, 3.05) is 18.9 Å². The number of nitrogens with one attached hydrogen (secondary N) is 3. The predicted octanol–water partition coefficient (Wildman–Crippen LogP) is 7.91. The van der Waals surface area contributed by atoms with Crippen LogP contribution in [0.2, 0.25) is 0 Å². The number of hydrogen-bond donors (Lipinski definition) is 4. The monoisotopic (exact) mass is 679 g/mol. The van der Waals surface area contributed by atoms with E-state index in [9.17, 15) is 19.1 Å². The molecule has 4 N–H and O–H groups in total. The number of anilines is 2. The second-order valence-electron chi connectivity index (χ2n) is 13.2. The molecule has 5 aromatic rings. The van der Waals surface area contributed by atoms with Crippen molar-refractivity contribution < 1.29 is 27.9 Å². The molecule has 2 aromatic heterocycles. The van der Waals surface area contributed by atoms with Crippen LogP contribution in [-0.4, -0.2) is 50.9 Å². The van der Waals surface area contributed by atoms with Crippen LogP contribution in [0.1, 0.15) is 69.3 Å². The average molecular weight is 680 g/mol. The van der Waals surface area contributed by atoms with E-state index in [1.807, 2.05) is 42.3 Å². The molecule has 3 heterocycles. The fourth-order valence-corrected chi connectivity index (χ4v) is 7.08. The Morgan fingerprint density at radius 1 is 1.04 bits per heavy atom. The van der Waals surface area contributed by atoms with Crippen LogP contribution in [0.3, 0.4) is 0 Å². The molecule has 11 heteroatoms. The lowest BCUT2D eigenvalue weighted by Crippen LogP contribution is -2.58. The molecule has 0 radical (unpaired) electrons. The highest BCUT2D eigenvalue weighted by Gasteiger charge is 2.49. The maximum absolute atomic E-state index is 16.3. The van der Waals surface area contributed by atoms with E-state index < -0.39 is 35.7 Å². The Bertz CT molecular complexity index is 2040. The Morgan fingerprint density at radius 3 is 2.46 bits per heavy atom. The Balaban J connectivity index is 1.22. The average Bonchev–Trinajstić information content (AvgIpc) is 3.46. The van der Waals surface area contributed by atoms with Crippen LogP contribution in [0.5, 0.6) is 5.75 Å². The number of likely N-dealkylation sites (N-methyl/N-ethyl adjacent to an activating group) is 1. The number of benzene rings is 3. The van der Waals surface area contributed by atoms with E-state index >= 15 is 8.78 Å². The fourth-order valence-electron chi connectivity index (χ4n) is 7.08. The Morgan fingerprint density at radius 2 is 1.76 bits per heavy atom. The first-order valence-electron chi connectivity index (χ1n) is 16.6. The SMILES string of the molecule is CN1C(=O)c2c([nH]c(-c3ccnc(C(F)(F)C[C@H](CNC(=O)c4ccccc4O)c4ccc(F)cc4)c3)c2Nc2ccccc2)CC12CCC2. The molecule has 1 aliphatic heterocycles. The van der Waals surface area contributed by atoms with Crippen LogP contribution >= 0.6 is 0 Å². The summed E-state index contributed by atoms with van der Waals surface area (Å²) in [4.78, 5) is 36.1. The summed E-state index contributed by atoms with van der Waals surface area (Å²) in [6, 6.07) is 23.4. The number of pyridine rings is 1. The number of aromatic amines is 1. The van der Waals surface area contributed by atoms with Gasteiger partial charge < -0.3 is 25.6 Å². The van der Waals surface area contributed by atoms with Crippen molar-refractivity contribution in [3.05, 3.63) is 131 Å². The number of phenols is 1. The van der Waals surface area contributed by atoms with Crippen molar-refractivity contribution in [1.29, 1.82) is 0 Å². The largest absolute Gasteiger partial charge is 0.507 e. The van der Waals surface area contributed by atoms with E-state index in [4.69, 9.17) is 0 Å². The van der Waals surface area contributed by atoms with E-state index in [2.05, 4.69) is 20.6 Å². The van der Waals surface area contributed by atoms with Crippen LogP contribution < -0.4 is 10.6 Å². The molecule has 1 atom stereocenters. The number of halogens is 3. The third-order valence-electron chi connectivity index (χ3n) is 10.1. The number of aromatic hydroxyl groups is 1. The number of nitrogens with zero attached hydrogens (tertiary/aromatic N) is 2. The van der Waals surface area contributed by atoms with Crippen LogP contribution in [0, 0.1) is 5.82 Å². The highest BCUT2D eigenvalue weighted by Crippen LogP contribution is 2.48. The number of fused-ring (bicyclic) bond motifs is 1. The molecule has 3 aromatic carbocycles. The summed E-state index contributed by atoms with van der Waals surface area (Å²) in [5.41, 5.74) is 3.09. The molecule has 8 nitrogen and oxygen atoms in total. The van der Waals surface area contributed by atoms with Crippen molar-refractivity contribution in [3.63, 3.8) is 0 Å². The van der Waals surface area contributed by atoms with E-state index in [0.717, 1.165) is 30.6 Å². The number of amides is 2. The zero-order valence-electron chi connectivity index (χ0n) is 27.3. The van der Waals surface area contributed by atoms with Crippen molar-refractivity contribution >= 4 is 23.2 Å². The summed E-state index contributed by atoms with van der Waals surface area (Å²) >= 11 is 0.